The van der Waals surface area contributed by atoms with Gasteiger partial charge in [-0.25, -0.2) is 0 Å². The predicted molar refractivity (Wildman–Crippen MR) is 69.7 cm³/mol. The average Bonchev–Trinajstić information content (AvgIpc) is 3.17. The quantitative estimate of drug-likeness (QED) is 0.861. The molecule has 0 unspecified atom stereocenters. The summed E-state index contributed by atoms with van der Waals surface area (Å²) >= 11 is 0. The number of para-hydroxylation sites is 1. The number of benzene rings is 1. The van der Waals surface area contributed by atoms with Crippen molar-refractivity contribution in [1.29, 1.82) is 0 Å². The standard InChI is InChI=1S/C14H17N3O2/c1-10-16-14(17-19-10)9-18-13-5-3-2-4-11(13)8-15-12-6-7-12/h2-5,12,15H,6-9H2,1H3. The Labute approximate surface area is 112 Å². The van der Waals surface area contributed by atoms with Gasteiger partial charge in [-0.3, -0.25) is 0 Å². The highest BCUT2D eigenvalue weighted by atomic mass is 16.5. The molecule has 0 bridgehead atoms. The monoisotopic (exact) mass is 259 g/mol. The fourth-order valence-corrected chi connectivity index (χ4v) is 1.87. The molecule has 1 aromatic carbocycles. The number of aromatic nitrogens is 2. The largest absolute Gasteiger partial charge is 0.485 e. The first kappa shape index (κ1) is 12.2. The van der Waals surface area contributed by atoms with Crippen LogP contribution in [0.1, 0.15) is 30.1 Å². The van der Waals surface area contributed by atoms with Gasteiger partial charge in [0.25, 0.3) is 0 Å². The van der Waals surface area contributed by atoms with Gasteiger partial charge < -0.3 is 14.6 Å². The molecule has 1 N–H and O–H groups in total. The summed E-state index contributed by atoms with van der Waals surface area (Å²) in [5.41, 5.74) is 1.16. The molecule has 100 valence electrons. The summed E-state index contributed by atoms with van der Waals surface area (Å²) in [6, 6.07) is 8.73. The normalized spacial score (nSPS) is 14.6. The minimum atomic E-state index is 0.331. The lowest BCUT2D eigenvalue weighted by molar-refractivity contribution is 0.282. The van der Waals surface area contributed by atoms with E-state index >= 15 is 0 Å². The van der Waals surface area contributed by atoms with E-state index in [9.17, 15) is 0 Å². The second kappa shape index (κ2) is 5.40. The van der Waals surface area contributed by atoms with E-state index in [1.807, 2.05) is 18.2 Å². The highest BCUT2D eigenvalue weighted by Gasteiger charge is 2.20. The Morgan fingerprint density at radius 2 is 2.21 bits per heavy atom. The molecule has 5 heteroatoms. The predicted octanol–water partition coefficient (Wildman–Crippen LogP) is 2.21. The van der Waals surface area contributed by atoms with Crippen molar-refractivity contribution in [2.24, 2.45) is 0 Å². The Balaban J connectivity index is 1.62. The Morgan fingerprint density at radius 1 is 1.37 bits per heavy atom. The maximum atomic E-state index is 5.76. The molecule has 5 nitrogen and oxygen atoms in total. The van der Waals surface area contributed by atoms with Crippen LogP contribution in [0.5, 0.6) is 5.75 Å². The van der Waals surface area contributed by atoms with E-state index in [4.69, 9.17) is 9.26 Å². The van der Waals surface area contributed by atoms with Gasteiger partial charge in [0, 0.05) is 25.1 Å². The molecule has 3 rings (SSSR count). The molecule has 1 saturated carbocycles. The van der Waals surface area contributed by atoms with Crippen LogP contribution in [0.3, 0.4) is 0 Å². The van der Waals surface area contributed by atoms with Crippen molar-refractivity contribution < 1.29 is 9.26 Å². The lowest BCUT2D eigenvalue weighted by Crippen LogP contribution is -2.16. The molecule has 2 aromatic rings. The molecule has 1 fully saturated rings. The molecular weight excluding hydrogens is 242 g/mol. The van der Waals surface area contributed by atoms with Crippen LogP contribution in [0.25, 0.3) is 0 Å². The van der Waals surface area contributed by atoms with Gasteiger partial charge >= 0.3 is 0 Å². The highest BCUT2D eigenvalue weighted by molar-refractivity contribution is 5.33. The molecule has 0 radical (unpaired) electrons. The van der Waals surface area contributed by atoms with E-state index in [1.54, 1.807) is 6.92 Å². The molecule has 0 spiro atoms. The third kappa shape index (κ3) is 3.32. The summed E-state index contributed by atoms with van der Waals surface area (Å²) < 4.78 is 10.7. The number of rotatable bonds is 6. The van der Waals surface area contributed by atoms with E-state index in [2.05, 4.69) is 21.5 Å². The Kier molecular flexibility index (Phi) is 3.46. The van der Waals surface area contributed by atoms with Crippen molar-refractivity contribution in [1.82, 2.24) is 15.5 Å². The van der Waals surface area contributed by atoms with Gasteiger partial charge in [-0.05, 0) is 18.9 Å². The van der Waals surface area contributed by atoms with Gasteiger partial charge in [0.2, 0.25) is 11.7 Å². The van der Waals surface area contributed by atoms with E-state index in [0.29, 0.717) is 24.4 Å². The Hall–Kier alpha value is -1.88. The molecule has 1 aliphatic rings. The fourth-order valence-electron chi connectivity index (χ4n) is 1.87. The van der Waals surface area contributed by atoms with E-state index < -0.39 is 0 Å². The molecular formula is C14H17N3O2. The second-order valence-corrected chi connectivity index (χ2v) is 4.78. The van der Waals surface area contributed by atoms with Crippen molar-refractivity contribution in [2.75, 3.05) is 0 Å². The zero-order chi connectivity index (χ0) is 13.1. The number of hydrogen-bond donors (Lipinski definition) is 1. The fraction of sp³-hybridized carbons (Fsp3) is 0.429. The summed E-state index contributed by atoms with van der Waals surface area (Å²) in [4.78, 5) is 4.12. The zero-order valence-corrected chi connectivity index (χ0v) is 10.9. The molecule has 0 atom stereocenters. The SMILES string of the molecule is Cc1nc(COc2ccccc2CNC2CC2)no1. The lowest BCUT2D eigenvalue weighted by Gasteiger charge is -2.10. The number of hydrogen-bond acceptors (Lipinski definition) is 5. The molecule has 1 heterocycles. The molecule has 1 aliphatic carbocycles. The molecule has 19 heavy (non-hydrogen) atoms. The van der Waals surface area contributed by atoms with Crippen molar-refractivity contribution in [3.8, 4) is 5.75 Å². The first-order valence-electron chi connectivity index (χ1n) is 6.54. The second-order valence-electron chi connectivity index (χ2n) is 4.78. The van der Waals surface area contributed by atoms with Crippen LogP contribution in [0.15, 0.2) is 28.8 Å². The number of ether oxygens (including phenoxy) is 1. The van der Waals surface area contributed by atoms with Gasteiger partial charge in [0.05, 0.1) is 0 Å². The summed E-state index contributed by atoms with van der Waals surface area (Å²) in [7, 11) is 0. The summed E-state index contributed by atoms with van der Waals surface area (Å²) in [5, 5.41) is 7.30. The maximum Gasteiger partial charge on any atom is 0.223 e. The van der Waals surface area contributed by atoms with Crippen LogP contribution < -0.4 is 10.1 Å². The Morgan fingerprint density at radius 3 is 2.95 bits per heavy atom. The zero-order valence-electron chi connectivity index (χ0n) is 10.9. The van der Waals surface area contributed by atoms with E-state index in [-0.39, 0.29) is 0 Å². The third-order valence-corrected chi connectivity index (χ3v) is 3.06. The summed E-state index contributed by atoms with van der Waals surface area (Å²) in [6.45, 7) is 2.94. The van der Waals surface area contributed by atoms with Gasteiger partial charge in [-0.1, -0.05) is 23.4 Å². The lowest BCUT2D eigenvalue weighted by atomic mass is 10.2. The van der Waals surface area contributed by atoms with Gasteiger partial charge in [0.15, 0.2) is 6.61 Å². The van der Waals surface area contributed by atoms with Crippen LogP contribution in [0, 0.1) is 6.92 Å². The van der Waals surface area contributed by atoms with E-state index in [0.717, 1.165) is 17.9 Å². The molecule has 0 saturated heterocycles. The van der Waals surface area contributed by atoms with Crippen molar-refractivity contribution >= 4 is 0 Å². The van der Waals surface area contributed by atoms with Crippen LogP contribution in [-0.2, 0) is 13.2 Å². The minimum absolute atomic E-state index is 0.331. The first-order valence-corrected chi connectivity index (χ1v) is 6.54. The highest BCUT2D eigenvalue weighted by Crippen LogP contribution is 2.23. The van der Waals surface area contributed by atoms with Crippen molar-refractivity contribution in [3.05, 3.63) is 41.5 Å². The van der Waals surface area contributed by atoms with Gasteiger partial charge in [-0.2, -0.15) is 4.98 Å². The molecule has 1 aromatic heterocycles. The average molecular weight is 259 g/mol. The van der Waals surface area contributed by atoms with Crippen molar-refractivity contribution in [3.63, 3.8) is 0 Å². The first-order chi connectivity index (χ1) is 9.31. The minimum Gasteiger partial charge on any atom is -0.485 e. The smallest absolute Gasteiger partial charge is 0.223 e. The number of aryl methyl sites for hydroxylation is 1. The number of nitrogens with zero attached hydrogens (tertiary/aromatic N) is 2. The summed E-state index contributed by atoms with van der Waals surface area (Å²) in [5.74, 6) is 2.00. The topological polar surface area (TPSA) is 60.2 Å². The van der Waals surface area contributed by atoms with Crippen LogP contribution in [0.4, 0.5) is 0 Å². The molecule has 0 amide bonds. The van der Waals surface area contributed by atoms with Gasteiger partial charge in [-0.15, -0.1) is 0 Å². The van der Waals surface area contributed by atoms with Crippen LogP contribution in [-0.4, -0.2) is 16.2 Å². The maximum absolute atomic E-state index is 5.76. The number of nitrogens with one attached hydrogen (secondary N) is 1. The van der Waals surface area contributed by atoms with Gasteiger partial charge in [0.1, 0.15) is 5.75 Å². The van der Waals surface area contributed by atoms with Crippen molar-refractivity contribution in [2.45, 2.75) is 39.0 Å². The van der Waals surface area contributed by atoms with E-state index in [1.165, 1.54) is 12.8 Å². The summed E-state index contributed by atoms with van der Waals surface area (Å²) in [6.07, 6.45) is 2.57. The third-order valence-electron chi connectivity index (χ3n) is 3.06. The Bertz CT molecular complexity index is 549. The molecule has 0 aliphatic heterocycles. The van der Waals surface area contributed by atoms with Crippen LogP contribution >= 0.6 is 0 Å². The van der Waals surface area contributed by atoms with Crippen LogP contribution in [0.2, 0.25) is 0 Å².